The molecular formula is C17H33N3O3. The summed E-state index contributed by atoms with van der Waals surface area (Å²) >= 11 is 0. The van der Waals surface area contributed by atoms with Crippen LogP contribution in [0.1, 0.15) is 58.3 Å². The van der Waals surface area contributed by atoms with Crippen LogP contribution in [0.4, 0.5) is 0 Å². The summed E-state index contributed by atoms with van der Waals surface area (Å²) in [5.41, 5.74) is 4.70. The number of carbonyl (C=O) groups excluding carboxylic acids is 1. The predicted molar refractivity (Wildman–Crippen MR) is 88.3 cm³/mol. The molecular weight excluding hydrogens is 294 g/mol. The number of hydrogen-bond acceptors (Lipinski definition) is 4. The molecule has 23 heavy (non-hydrogen) atoms. The first kappa shape index (κ1) is 21.6. The Bertz CT molecular complexity index is 408. The molecule has 6 heteroatoms. The molecule has 0 fully saturated rings. The fourth-order valence-corrected chi connectivity index (χ4v) is 2.14. The molecule has 0 spiro atoms. The second kappa shape index (κ2) is 14.2. The van der Waals surface area contributed by atoms with Gasteiger partial charge in [-0.1, -0.05) is 45.4 Å². The molecule has 1 atom stereocenters. The zero-order valence-electron chi connectivity index (χ0n) is 14.6. The zero-order chi connectivity index (χ0) is 17.5. The Morgan fingerprint density at radius 3 is 2.17 bits per heavy atom. The van der Waals surface area contributed by atoms with E-state index in [2.05, 4.69) is 41.8 Å². The maximum atomic E-state index is 9.53. The molecule has 3 N–H and O–H groups in total. The van der Waals surface area contributed by atoms with Crippen molar-refractivity contribution in [2.45, 2.75) is 70.9 Å². The van der Waals surface area contributed by atoms with E-state index in [1.165, 1.54) is 57.9 Å². The van der Waals surface area contributed by atoms with E-state index in [9.17, 15) is 9.90 Å². The van der Waals surface area contributed by atoms with Crippen molar-refractivity contribution >= 4 is 5.97 Å². The fourth-order valence-electron chi connectivity index (χ4n) is 2.14. The van der Waals surface area contributed by atoms with Gasteiger partial charge in [0.15, 0.2) is 0 Å². The number of nitrogens with two attached hydrogens (primary N) is 1. The maximum Gasteiger partial charge on any atom is 0.243 e. The quantitative estimate of drug-likeness (QED) is 0.457. The molecule has 0 aromatic carbocycles. The molecule has 0 aliphatic rings. The van der Waals surface area contributed by atoms with Crippen LogP contribution in [-0.2, 0) is 18.4 Å². The van der Waals surface area contributed by atoms with Crippen molar-refractivity contribution in [3.63, 3.8) is 0 Å². The number of aliphatic carboxylic acids is 1. The molecule has 1 rings (SSSR count). The van der Waals surface area contributed by atoms with Gasteiger partial charge in [-0.3, -0.25) is 0 Å². The fraction of sp³-hybridized carbons (Fsp3) is 0.765. The molecule has 1 heterocycles. The molecule has 6 nitrogen and oxygen atoms in total. The number of carboxylic acid groups (broad SMARTS) is 1. The van der Waals surface area contributed by atoms with Gasteiger partial charge in [0.25, 0.3) is 0 Å². The lowest BCUT2D eigenvalue weighted by molar-refractivity contribution is -0.671. The van der Waals surface area contributed by atoms with E-state index in [-0.39, 0.29) is 0 Å². The minimum Gasteiger partial charge on any atom is -0.548 e. The second-order valence-corrected chi connectivity index (χ2v) is 5.90. The van der Waals surface area contributed by atoms with E-state index in [4.69, 9.17) is 10.8 Å². The van der Waals surface area contributed by atoms with E-state index in [0.717, 1.165) is 0 Å². The number of aliphatic hydroxyl groups is 1. The summed E-state index contributed by atoms with van der Waals surface area (Å²) in [5.74, 6) is -1.43. The van der Waals surface area contributed by atoms with Gasteiger partial charge in [0, 0.05) is 0 Å². The van der Waals surface area contributed by atoms with Crippen LogP contribution in [0.5, 0.6) is 0 Å². The van der Waals surface area contributed by atoms with Gasteiger partial charge in [-0.05, 0) is 12.8 Å². The van der Waals surface area contributed by atoms with Crippen molar-refractivity contribution < 1.29 is 19.6 Å². The second-order valence-electron chi connectivity index (χ2n) is 5.90. The summed E-state index contributed by atoms with van der Waals surface area (Å²) in [4.78, 5) is 9.53. The normalized spacial score (nSPS) is 11.7. The van der Waals surface area contributed by atoms with Crippen molar-refractivity contribution in [1.82, 2.24) is 4.57 Å². The molecule has 0 saturated heterocycles. The highest BCUT2D eigenvalue weighted by molar-refractivity contribution is 5.70. The van der Waals surface area contributed by atoms with Gasteiger partial charge in [-0.15, -0.1) is 0 Å². The summed E-state index contributed by atoms with van der Waals surface area (Å²) in [5, 5.41) is 17.5. The SMILES string of the molecule is CCCCCCCCCCn1cc[n+](C)c1.N[C@@H](CO)C(=O)[O-]. The predicted octanol–water partition coefficient (Wildman–Crippen LogP) is 0.509. The highest BCUT2D eigenvalue weighted by Crippen LogP contribution is 2.08. The maximum absolute atomic E-state index is 9.53. The summed E-state index contributed by atoms with van der Waals surface area (Å²) in [7, 11) is 2.07. The Kier molecular flexibility index (Phi) is 13.3. The van der Waals surface area contributed by atoms with Crippen molar-refractivity contribution in [2.24, 2.45) is 12.8 Å². The third kappa shape index (κ3) is 12.8. The van der Waals surface area contributed by atoms with Crippen molar-refractivity contribution in [3.05, 3.63) is 18.7 Å². The van der Waals surface area contributed by atoms with Crippen LogP contribution >= 0.6 is 0 Å². The molecule has 1 aromatic heterocycles. The van der Waals surface area contributed by atoms with Gasteiger partial charge in [0.1, 0.15) is 12.4 Å². The molecule has 0 aliphatic heterocycles. The Morgan fingerprint density at radius 2 is 1.78 bits per heavy atom. The number of nitrogens with zero attached hydrogens (tertiary/aromatic N) is 2. The van der Waals surface area contributed by atoms with E-state index in [1.54, 1.807) is 0 Å². The number of rotatable bonds is 11. The lowest BCUT2D eigenvalue weighted by Gasteiger charge is -2.06. The summed E-state index contributed by atoms with van der Waals surface area (Å²) < 4.78 is 4.38. The number of hydrogen-bond donors (Lipinski definition) is 2. The number of carbonyl (C=O) groups is 1. The minimum absolute atomic E-state index is 0.567. The van der Waals surface area contributed by atoms with Crippen LogP contribution in [-0.4, -0.2) is 28.3 Å². The highest BCUT2D eigenvalue weighted by atomic mass is 16.4. The third-order valence-corrected chi connectivity index (χ3v) is 3.59. The Hall–Kier alpha value is -1.40. The lowest BCUT2D eigenvalue weighted by atomic mass is 10.1. The minimum atomic E-state index is -1.43. The van der Waals surface area contributed by atoms with Gasteiger partial charge in [0.2, 0.25) is 6.33 Å². The van der Waals surface area contributed by atoms with Crippen LogP contribution in [0.25, 0.3) is 0 Å². The summed E-state index contributed by atoms with van der Waals surface area (Å²) in [6, 6.07) is -1.24. The van der Waals surface area contributed by atoms with Gasteiger partial charge in [-0.2, -0.15) is 0 Å². The molecule has 0 radical (unpaired) electrons. The first-order chi connectivity index (χ1) is 11.0. The summed E-state index contributed by atoms with van der Waals surface area (Å²) in [6.45, 7) is 2.88. The lowest BCUT2D eigenvalue weighted by Crippen LogP contribution is -2.44. The molecule has 0 saturated carbocycles. The van der Waals surface area contributed by atoms with Crippen molar-refractivity contribution in [1.29, 1.82) is 0 Å². The van der Waals surface area contributed by atoms with E-state index < -0.39 is 18.6 Å². The number of aryl methyl sites for hydroxylation is 2. The van der Waals surface area contributed by atoms with Crippen molar-refractivity contribution in [2.75, 3.05) is 6.61 Å². The molecule has 0 amide bonds. The standard InChI is InChI=1S/C14H27N2.C3H7NO3/c1-3-4-5-6-7-8-9-10-11-16-13-12-15(2)14-16;4-2(1-5)3(6)7/h12-14H,3-11H2,1-2H3;2,5H,1,4H2,(H,6,7)/q+1;/p-1/t;2-/m.0/s1. The van der Waals surface area contributed by atoms with Gasteiger partial charge >= 0.3 is 0 Å². The molecule has 0 unspecified atom stereocenters. The molecule has 0 bridgehead atoms. The number of aromatic nitrogens is 2. The Labute approximate surface area is 139 Å². The van der Waals surface area contributed by atoms with Crippen LogP contribution in [0.15, 0.2) is 18.7 Å². The average Bonchev–Trinajstić information content (AvgIpc) is 2.95. The molecule has 1 aromatic rings. The van der Waals surface area contributed by atoms with Crippen LogP contribution in [0.2, 0.25) is 0 Å². The third-order valence-electron chi connectivity index (χ3n) is 3.59. The van der Waals surface area contributed by atoms with Gasteiger partial charge in [-0.25, -0.2) is 9.13 Å². The first-order valence-corrected chi connectivity index (χ1v) is 8.59. The zero-order valence-corrected chi connectivity index (χ0v) is 14.6. The van der Waals surface area contributed by atoms with E-state index in [0.29, 0.717) is 0 Å². The van der Waals surface area contributed by atoms with E-state index >= 15 is 0 Å². The van der Waals surface area contributed by atoms with Crippen LogP contribution < -0.4 is 15.4 Å². The number of aliphatic hydroxyl groups excluding tert-OH is 1. The largest absolute Gasteiger partial charge is 0.548 e. The van der Waals surface area contributed by atoms with Gasteiger partial charge < -0.3 is 20.7 Å². The van der Waals surface area contributed by atoms with Crippen LogP contribution in [0, 0.1) is 0 Å². The molecule has 0 aliphatic carbocycles. The Balaban J connectivity index is 0.000000585. The van der Waals surface area contributed by atoms with Crippen LogP contribution in [0.3, 0.4) is 0 Å². The number of imidazole rings is 1. The van der Waals surface area contributed by atoms with Crippen molar-refractivity contribution in [3.8, 4) is 0 Å². The van der Waals surface area contributed by atoms with E-state index in [1.807, 2.05) is 0 Å². The first-order valence-electron chi connectivity index (χ1n) is 8.59. The monoisotopic (exact) mass is 327 g/mol. The number of unbranched alkanes of at least 4 members (excludes halogenated alkanes) is 7. The Morgan fingerprint density at radius 1 is 1.22 bits per heavy atom. The van der Waals surface area contributed by atoms with Gasteiger partial charge in [0.05, 0.1) is 32.2 Å². The average molecular weight is 327 g/mol. The summed E-state index contributed by atoms with van der Waals surface area (Å²) in [6.07, 6.45) is 17.6. The topological polar surface area (TPSA) is 95.2 Å². The smallest absolute Gasteiger partial charge is 0.243 e. The number of carboxylic acids is 1. The molecule has 134 valence electrons. The highest BCUT2D eigenvalue weighted by Gasteiger charge is 1.99.